The van der Waals surface area contributed by atoms with Crippen molar-refractivity contribution in [3.8, 4) is 0 Å². The smallest absolute Gasteiger partial charge is 0.251 e. The molecule has 1 heterocycles. The number of nitrogens with one attached hydrogen (secondary N) is 2. The topological polar surface area (TPSA) is 66.0 Å². The third kappa shape index (κ3) is 7.96. The number of aliphatic imine (C=N–C) groups is 1. The highest BCUT2D eigenvalue weighted by atomic mass is 127. The molecule has 1 amide bonds. The summed E-state index contributed by atoms with van der Waals surface area (Å²) < 4.78 is 19.4. The van der Waals surface area contributed by atoms with Crippen LogP contribution in [0.1, 0.15) is 55.3 Å². The molecule has 3 rings (SSSR count). The molecule has 1 aliphatic rings. The van der Waals surface area contributed by atoms with Crippen LogP contribution in [0.4, 0.5) is 4.39 Å². The largest absolute Gasteiger partial charge is 0.367 e. The molecule has 1 aliphatic heterocycles. The summed E-state index contributed by atoms with van der Waals surface area (Å²) in [7, 11) is 1.75. The maximum atomic E-state index is 13.3. The second-order valence-corrected chi connectivity index (χ2v) is 9.20. The lowest BCUT2D eigenvalue weighted by Crippen LogP contribution is -2.50. The highest BCUT2D eigenvalue weighted by Crippen LogP contribution is 2.25. The maximum absolute atomic E-state index is 13.3. The van der Waals surface area contributed by atoms with Gasteiger partial charge in [0.05, 0.1) is 12.6 Å². The molecule has 0 aliphatic carbocycles. The van der Waals surface area contributed by atoms with E-state index in [9.17, 15) is 9.18 Å². The summed E-state index contributed by atoms with van der Waals surface area (Å²) in [4.78, 5) is 19.1. The summed E-state index contributed by atoms with van der Waals surface area (Å²) in [6, 6.07) is 14.0. The van der Waals surface area contributed by atoms with E-state index >= 15 is 0 Å². The minimum Gasteiger partial charge on any atom is -0.367 e. The Bertz CT molecular complexity index is 960. The first-order valence-electron chi connectivity index (χ1n) is 10.9. The molecule has 33 heavy (non-hydrogen) atoms. The zero-order chi connectivity index (χ0) is 23.3. The Morgan fingerprint density at radius 2 is 1.88 bits per heavy atom. The van der Waals surface area contributed by atoms with E-state index in [1.165, 1.54) is 12.1 Å². The van der Waals surface area contributed by atoms with Gasteiger partial charge in [0.1, 0.15) is 11.9 Å². The lowest BCUT2D eigenvalue weighted by atomic mass is 10.1. The number of carbonyl (C=O) groups excluding carboxylic acids is 1. The average molecular weight is 568 g/mol. The molecule has 0 aromatic heterocycles. The number of morpholine rings is 1. The van der Waals surface area contributed by atoms with Crippen LogP contribution in [0, 0.1) is 5.82 Å². The molecular formula is C25H34FIN4O2. The highest BCUT2D eigenvalue weighted by molar-refractivity contribution is 14.0. The molecule has 2 aromatic rings. The minimum atomic E-state index is -0.290. The molecule has 0 saturated carbocycles. The summed E-state index contributed by atoms with van der Waals surface area (Å²) in [5.74, 6) is 0.412. The molecule has 180 valence electrons. The first-order valence-corrected chi connectivity index (χ1v) is 10.9. The number of nitrogens with zero attached hydrogens (tertiary/aromatic N) is 2. The third-order valence-corrected chi connectivity index (χ3v) is 5.14. The quantitative estimate of drug-likeness (QED) is 0.324. The van der Waals surface area contributed by atoms with Crippen LogP contribution in [0.3, 0.4) is 0 Å². The summed E-state index contributed by atoms with van der Waals surface area (Å²) in [5.41, 5.74) is 2.27. The van der Waals surface area contributed by atoms with Crippen LogP contribution in [0.15, 0.2) is 53.5 Å². The first-order chi connectivity index (χ1) is 15.1. The average Bonchev–Trinajstić information content (AvgIpc) is 2.73. The van der Waals surface area contributed by atoms with Crippen molar-refractivity contribution in [3.05, 3.63) is 71.0 Å². The predicted octanol–water partition coefficient (Wildman–Crippen LogP) is 4.51. The van der Waals surface area contributed by atoms with Gasteiger partial charge in [-0.25, -0.2) is 4.39 Å². The molecule has 2 N–H and O–H groups in total. The fourth-order valence-corrected chi connectivity index (χ4v) is 3.73. The lowest BCUT2D eigenvalue weighted by molar-refractivity contribution is -0.0605. The first kappa shape index (κ1) is 27.0. The number of guanidine groups is 1. The molecule has 1 saturated heterocycles. The van der Waals surface area contributed by atoms with E-state index in [1.54, 1.807) is 19.2 Å². The van der Waals surface area contributed by atoms with Crippen molar-refractivity contribution < 1.29 is 13.9 Å². The summed E-state index contributed by atoms with van der Waals surface area (Å²) in [6.07, 6.45) is -0.163. The molecule has 2 atom stereocenters. The Kier molecular flexibility index (Phi) is 9.66. The number of halogens is 2. The van der Waals surface area contributed by atoms with Gasteiger partial charge < -0.3 is 20.3 Å². The van der Waals surface area contributed by atoms with Gasteiger partial charge in [0, 0.05) is 31.2 Å². The SMILES string of the molecule is CN=C(NCc1cccc(C(=O)NC(C)(C)C)c1)N1CC(C)OC(c2ccc(F)cc2)C1.I. The number of benzene rings is 2. The minimum absolute atomic E-state index is 0. The normalized spacial score (nSPS) is 19.0. The van der Waals surface area contributed by atoms with Crippen molar-refractivity contribution in [2.45, 2.75) is 52.0 Å². The Morgan fingerprint density at radius 3 is 2.52 bits per heavy atom. The van der Waals surface area contributed by atoms with Crippen molar-refractivity contribution in [1.82, 2.24) is 15.5 Å². The standard InChI is InChI=1S/C25H33FN4O2.HI/c1-17-15-30(16-22(32-17)19-9-11-21(26)12-10-19)24(27-5)28-14-18-7-6-8-20(13-18)23(31)29-25(2,3)4;/h6-13,17,22H,14-16H2,1-5H3,(H,27,28)(H,29,31);1H. The number of hydrogen-bond acceptors (Lipinski definition) is 3. The third-order valence-electron chi connectivity index (χ3n) is 5.14. The Hall–Kier alpha value is -2.20. The van der Waals surface area contributed by atoms with E-state index in [-0.39, 0.29) is 53.4 Å². The molecule has 8 heteroatoms. The Morgan fingerprint density at radius 1 is 1.18 bits per heavy atom. The van der Waals surface area contributed by atoms with Gasteiger partial charge in [0.25, 0.3) is 5.91 Å². The second-order valence-electron chi connectivity index (χ2n) is 9.20. The van der Waals surface area contributed by atoms with E-state index in [4.69, 9.17) is 4.74 Å². The molecule has 2 aromatic carbocycles. The lowest BCUT2D eigenvalue weighted by Gasteiger charge is -2.38. The monoisotopic (exact) mass is 568 g/mol. The van der Waals surface area contributed by atoms with Gasteiger partial charge in [-0.15, -0.1) is 24.0 Å². The molecule has 1 fully saturated rings. The van der Waals surface area contributed by atoms with Crippen molar-refractivity contribution in [2.75, 3.05) is 20.1 Å². The van der Waals surface area contributed by atoms with Gasteiger partial charge in [-0.3, -0.25) is 9.79 Å². The number of rotatable bonds is 4. The number of hydrogen-bond donors (Lipinski definition) is 2. The summed E-state index contributed by atoms with van der Waals surface area (Å²) >= 11 is 0. The number of amides is 1. The molecule has 0 spiro atoms. The van der Waals surface area contributed by atoms with E-state index in [1.807, 2.05) is 52.0 Å². The Labute approximate surface area is 213 Å². The van der Waals surface area contributed by atoms with Crippen LogP contribution in [0.2, 0.25) is 0 Å². The fraction of sp³-hybridized carbons (Fsp3) is 0.440. The van der Waals surface area contributed by atoms with Crippen molar-refractivity contribution in [3.63, 3.8) is 0 Å². The summed E-state index contributed by atoms with van der Waals surface area (Å²) in [6.45, 7) is 9.76. The van der Waals surface area contributed by atoms with Crippen LogP contribution in [-0.2, 0) is 11.3 Å². The van der Waals surface area contributed by atoms with Gasteiger partial charge >= 0.3 is 0 Å². The van der Waals surface area contributed by atoms with Crippen LogP contribution in [0.25, 0.3) is 0 Å². The molecule has 2 unspecified atom stereocenters. The van der Waals surface area contributed by atoms with Crippen LogP contribution in [-0.4, -0.2) is 48.5 Å². The maximum Gasteiger partial charge on any atom is 0.251 e. The van der Waals surface area contributed by atoms with Gasteiger partial charge in [-0.1, -0.05) is 24.3 Å². The predicted molar refractivity (Wildman–Crippen MR) is 141 cm³/mol. The number of carbonyl (C=O) groups is 1. The molecule has 0 bridgehead atoms. The van der Waals surface area contributed by atoms with Crippen molar-refractivity contribution in [1.29, 1.82) is 0 Å². The van der Waals surface area contributed by atoms with Crippen LogP contribution in [0.5, 0.6) is 0 Å². The van der Waals surface area contributed by atoms with Crippen molar-refractivity contribution in [2.24, 2.45) is 4.99 Å². The van der Waals surface area contributed by atoms with E-state index in [2.05, 4.69) is 20.5 Å². The second kappa shape index (κ2) is 11.8. The van der Waals surface area contributed by atoms with Gasteiger partial charge in [0.15, 0.2) is 5.96 Å². The van der Waals surface area contributed by atoms with Crippen LogP contribution < -0.4 is 10.6 Å². The van der Waals surface area contributed by atoms with Crippen LogP contribution >= 0.6 is 24.0 Å². The molecular weight excluding hydrogens is 534 g/mol. The Balaban J connectivity index is 0.00000385. The van der Waals surface area contributed by atoms with E-state index in [0.29, 0.717) is 25.2 Å². The fourth-order valence-electron chi connectivity index (χ4n) is 3.73. The van der Waals surface area contributed by atoms with Gasteiger partial charge in [-0.05, 0) is 63.1 Å². The van der Waals surface area contributed by atoms with E-state index < -0.39 is 0 Å². The molecule has 6 nitrogen and oxygen atoms in total. The highest BCUT2D eigenvalue weighted by Gasteiger charge is 2.28. The number of ether oxygens (including phenoxy) is 1. The zero-order valence-electron chi connectivity index (χ0n) is 19.9. The van der Waals surface area contributed by atoms with E-state index in [0.717, 1.165) is 17.1 Å². The van der Waals surface area contributed by atoms with Crippen molar-refractivity contribution >= 4 is 35.8 Å². The molecule has 0 radical (unpaired) electrons. The van der Waals surface area contributed by atoms with Gasteiger partial charge in [-0.2, -0.15) is 0 Å². The van der Waals surface area contributed by atoms with Gasteiger partial charge in [0.2, 0.25) is 0 Å². The zero-order valence-corrected chi connectivity index (χ0v) is 22.2. The summed E-state index contributed by atoms with van der Waals surface area (Å²) in [5, 5.41) is 6.39.